The van der Waals surface area contributed by atoms with Crippen molar-refractivity contribution < 1.29 is 28.8 Å². The fraction of sp³-hybridized carbons (Fsp3) is 0.395. The van der Waals surface area contributed by atoms with Crippen molar-refractivity contribution in [1.29, 1.82) is 0 Å². The van der Waals surface area contributed by atoms with Gasteiger partial charge in [0.25, 0.3) is 0 Å². The van der Waals surface area contributed by atoms with Crippen LogP contribution in [0.3, 0.4) is 0 Å². The minimum absolute atomic E-state index is 0.0245. The maximum Gasteiger partial charge on any atom is 0.312 e. The average Bonchev–Trinajstić information content (AvgIpc) is 3.64. The monoisotopic (exact) mass is 812 g/mol. The van der Waals surface area contributed by atoms with Gasteiger partial charge in [-0.15, -0.1) is 11.6 Å². The first-order valence-electron chi connectivity index (χ1n) is 19.5. The van der Waals surface area contributed by atoms with Gasteiger partial charge in [-0.25, -0.2) is 4.79 Å². The number of fused-ring (bicyclic) bond motifs is 1. The van der Waals surface area contributed by atoms with E-state index in [1.807, 2.05) is 85.8 Å². The van der Waals surface area contributed by atoms with Gasteiger partial charge < -0.3 is 42.2 Å². The Morgan fingerprint density at radius 1 is 0.879 bits per heavy atom. The molecule has 0 aliphatic carbocycles. The van der Waals surface area contributed by atoms with E-state index in [0.29, 0.717) is 18.4 Å². The number of rotatable bonds is 18. The van der Waals surface area contributed by atoms with Gasteiger partial charge in [0.1, 0.15) is 23.5 Å². The number of primary amides is 2. The molecule has 0 bridgehead atoms. The number of carbonyl (C=O) groups excluding carboxylic acids is 6. The van der Waals surface area contributed by atoms with Gasteiger partial charge in [0.05, 0.1) is 5.92 Å². The lowest BCUT2D eigenvalue weighted by molar-refractivity contribution is -0.162. The van der Waals surface area contributed by atoms with Gasteiger partial charge in [-0.1, -0.05) is 78.4 Å². The Balaban J connectivity index is 1.56. The number of carbonyl (C=O) groups is 6. The Kier molecular flexibility index (Phi) is 14.9. The molecule has 5 rings (SSSR count). The van der Waals surface area contributed by atoms with E-state index in [1.165, 1.54) is 16.8 Å². The highest BCUT2D eigenvalue weighted by Crippen LogP contribution is 2.39. The predicted octanol–water partition coefficient (Wildman–Crippen LogP) is 3.43. The number of hydrogen-bond donors (Lipinski definition) is 6. The number of nitrogens with two attached hydrogens (primary N) is 2. The van der Waals surface area contributed by atoms with Crippen LogP contribution in [-0.2, 0) is 43.4 Å². The number of H-pyrrole nitrogens is 1. The number of urea groups is 1. The number of benzene rings is 3. The molecule has 308 valence electrons. The van der Waals surface area contributed by atoms with E-state index in [2.05, 4.69) is 20.9 Å². The van der Waals surface area contributed by atoms with Gasteiger partial charge in [-0.3, -0.25) is 24.0 Å². The van der Waals surface area contributed by atoms with Crippen LogP contribution in [0.4, 0.5) is 4.79 Å². The van der Waals surface area contributed by atoms with Gasteiger partial charge in [0.15, 0.2) is 0 Å². The van der Waals surface area contributed by atoms with Crippen molar-refractivity contribution in [3.05, 3.63) is 107 Å². The van der Waals surface area contributed by atoms with E-state index in [4.69, 9.17) is 23.1 Å². The summed E-state index contributed by atoms with van der Waals surface area (Å²) in [6.45, 7) is 2.39. The van der Waals surface area contributed by atoms with E-state index in [1.54, 1.807) is 6.20 Å². The van der Waals surface area contributed by atoms with E-state index in [9.17, 15) is 19.2 Å². The molecule has 3 aromatic carbocycles. The Hall–Kier alpha value is -5.89. The Morgan fingerprint density at radius 2 is 1.59 bits per heavy atom. The Bertz CT molecular complexity index is 2080. The molecule has 15 heteroatoms. The number of nitrogens with zero attached hydrogens (tertiary/aromatic N) is 2. The molecule has 4 atom stereocenters. The first-order chi connectivity index (χ1) is 27.8. The van der Waals surface area contributed by atoms with E-state index in [0.717, 1.165) is 27.6 Å². The number of likely N-dealkylation sites (tertiary alicyclic amines) is 1. The second-order valence-electron chi connectivity index (χ2n) is 14.9. The third-order valence-electron chi connectivity index (χ3n) is 11.1. The SMILES string of the molecule is Cc1ccc(CNC(=O)[C@H](CCCNC(N)=O)NC(=O)[C@@H](Cc2c[nH]c3ccccc23)C2(C(N)=O)CCCCN2C(=O)[C@H](Cc2ccccc2)N(C)C(=O)CCl)cc1. The number of halogens is 1. The Labute approximate surface area is 343 Å². The fourth-order valence-corrected chi connectivity index (χ4v) is 8.04. The summed E-state index contributed by atoms with van der Waals surface area (Å²) in [5.74, 6) is -4.71. The first-order valence-corrected chi connectivity index (χ1v) is 20.1. The molecule has 7 amide bonds. The zero-order valence-electron chi connectivity index (χ0n) is 33.0. The van der Waals surface area contributed by atoms with Crippen molar-refractivity contribution >= 4 is 58.1 Å². The number of aryl methyl sites for hydroxylation is 1. The minimum Gasteiger partial charge on any atom is -0.368 e. The maximum absolute atomic E-state index is 15.1. The molecule has 14 nitrogen and oxygen atoms in total. The third-order valence-corrected chi connectivity index (χ3v) is 11.3. The van der Waals surface area contributed by atoms with Crippen molar-refractivity contribution in [2.75, 3.05) is 26.0 Å². The van der Waals surface area contributed by atoms with Crippen LogP contribution in [0, 0.1) is 12.8 Å². The molecule has 0 saturated carbocycles. The summed E-state index contributed by atoms with van der Waals surface area (Å²) in [7, 11) is 1.50. The number of nitrogens with one attached hydrogen (secondary N) is 4. The molecular formula is C43H53ClN8O6. The van der Waals surface area contributed by atoms with Crippen molar-refractivity contribution in [3.63, 3.8) is 0 Å². The molecule has 1 unspecified atom stereocenters. The van der Waals surface area contributed by atoms with Crippen LogP contribution in [0.1, 0.15) is 54.4 Å². The number of para-hydroxylation sites is 1. The zero-order chi connectivity index (χ0) is 41.8. The average molecular weight is 813 g/mol. The summed E-state index contributed by atoms with van der Waals surface area (Å²) in [6.07, 6.45) is 3.31. The number of aromatic amines is 1. The summed E-state index contributed by atoms with van der Waals surface area (Å²) in [4.78, 5) is 88.7. The molecule has 2 heterocycles. The van der Waals surface area contributed by atoms with Crippen LogP contribution in [0.5, 0.6) is 0 Å². The summed E-state index contributed by atoms with van der Waals surface area (Å²) in [6, 6.07) is 21.4. The molecule has 4 aromatic rings. The number of likely N-dealkylation sites (N-methyl/N-ethyl adjacent to an activating group) is 1. The Morgan fingerprint density at radius 3 is 2.28 bits per heavy atom. The fourth-order valence-electron chi connectivity index (χ4n) is 7.85. The van der Waals surface area contributed by atoms with Crippen molar-refractivity contribution in [2.24, 2.45) is 17.4 Å². The molecule has 58 heavy (non-hydrogen) atoms. The quantitative estimate of drug-likeness (QED) is 0.0654. The second kappa shape index (κ2) is 20.0. The normalized spacial score (nSPS) is 16.8. The summed E-state index contributed by atoms with van der Waals surface area (Å²) < 4.78 is 0. The molecule has 0 radical (unpaired) electrons. The van der Waals surface area contributed by atoms with Crippen molar-refractivity contribution in [2.45, 2.75) is 76.0 Å². The van der Waals surface area contributed by atoms with Crippen LogP contribution in [0.2, 0.25) is 0 Å². The van der Waals surface area contributed by atoms with E-state index in [-0.39, 0.29) is 57.6 Å². The van der Waals surface area contributed by atoms with Gasteiger partial charge in [-0.05, 0) is 68.2 Å². The molecule has 1 aliphatic rings. The van der Waals surface area contributed by atoms with Gasteiger partial charge >= 0.3 is 6.03 Å². The maximum atomic E-state index is 15.1. The number of amides is 7. The van der Waals surface area contributed by atoms with Crippen molar-refractivity contribution in [3.8, 4) is 0 Å². The summed E-state index contributed by atoms with van der Waals surface area (Å²) in [5, 5.41) is 9.17. The lowest BCUT2D eigenvalue weighted by atomic mass is 9.71. The topological polar surface area (TPSA) is 213 Å². The molecule has 0 spiro atoms. The standard InChI is InChI=1S/C43H53ClN8O6/c1-28-16-18-30(19-17-28)26-49-39(55)35(15-10-21-47-42(46)58)50-38(54)33(24-31-27-48-34-14-7-6-13-32(31)34)43(41(45)57)20-8-9-22-52(43)40(56)36(51(2)37(53)25-44)23-29-11-4-3-5-12-29/h3-7,11-14,16-19,27,33,35-36,48H,8-10,15,20-26H2,1-2H3,(H2,45,57)(H,49,55)(H,50,54)(H3,46,47,58)/t33-,35+,36+,43?/m1/s1. The van der Waals surface area contributed by atoms with Gasteiger partial charge in [-0.2, -0.15) is 0 Å². The van der Waals surface area contributed by atoms with Crippen molar-refractivity contribution in [1.82, 2.24) is 30.7 Å². The van der Waals surface area contributed by atoms with Crippen LogP contribution in [0.15, 0.2) is 85.1 Å². The lowest BCUT2D eigenvalue weighted by Gasteiger charge is -2.50. The van der Waals surface area contributed by atoms with Crippen LogP contribution in [-0.4, -0.2) is 94.0 Å². The van der Waals surface area contributed by atoms with E-state index >= 15 is 9.59 Å². The van der Waals surface area contributed by atoms with Crippen LogP contribution >= 0.6 is 11.6 Å². The number of piperidine rings is 1. The molecule has 1 fully saturated rings. The first kappa shape index (κ1) is 43.2. The number of alkyl halides is 1. The van der Waals surface area contributed by atoms with Gasteiger partial charge in [0.2, 0.25) is 29.5 Å². The smallest absolute Gasteiger partial charge is 0.312 e. The summed E-state index contributed by atoms with van der Waals surface area (Å²) in [5.41, 5.74) is 14.0. The van der Waals surface area contributed by atoms with Crippen LogP contribution in [0.25, 0.3) is 10.9 Å². The lowest BCUT2D eigenvalue weighted by Crippen LogP contribution is -2.71. The number of hydrogen-bond acceptors (Lipinski definition) is 6. The molecule has 1 saturated heterocycles. The highest BCUT2D eigenvalue weighted by atomic mass is 35.5. The minimum atomic E-state index is -1.87. The predicted molar refractivity (Wildman–Crippen MR) is 222 cm³/mol. The zero-order valence-corrected chi connectivity index (χ0v) is 33.7. The second-order valence-corrected chi connectivity index (χ2v) is 15.2. The molecule has 8 N–H and O–H groups in total. The molecule has 1 aliphatic heterocycles. The third kappa shape index (κ3) is 10.3. The highest BCUT2D eigenvalue weighted by Gasteiger charge is 2.56. The summed E-state index contributed by atoms with van der Waals surface area (Å²) >= 11 is 6.00. The number of aromatic nitrogens is 1. The molecule has 1 aromatic heterocycles. The van der Waals surface area contributed by atoms with Gasteiger partial charge in [0, 0.05) is 50.2 Å². The largest absolute Gasteiger partial charge is 0.368 e. The molecular weight excluding hydrogens is 760 g/mol. The van der Waals surface area contributed by atoms with E-state index < -0.39 is 59.1 Å². The highest BCUT2D eigenvalue weighted by molar-refractivity contribution is 6.27. The van der Waals surface area contributed by atoms with Crippen LogP contribution < -0.4 is 27.4 Å².